The van der Waals surface area contributed by atoms with E-state index in [0.717, 1.165) is 0 Å². The van der Waals surface area contributed by atoms with Crippen LogP contribution >= 0.6 is 23.2 Å². The fourth-order valence-electron chi connectivity index (χ4n) is 1.38. The zero-order chi connectivity index (χ0) is 12.4. The van der Waals surface area contributed by atoms with Crippen LogP contribution in [-0.4, -0.2) is 0 Å². The van der Waals surface area contributed by atoms with Gasteiger partial charge in [-0.25, -0.2) is 4.39 Å². The number of hydrogen-bond donors (Lipinski definition) is 2. The average molecular weight is 271 g/mol. The van der Waals surface area contributed by atoms with Gasteiger partial charge in [0.1, 0.15) is 5.82 Å². The lowest BCUT2D eigenvalue weighted by molar-refractivity contribution is 0.629. The fraction of sp³-hybridized carbons (Fsp3) is 0. The molecule has 17 heavy (non-hydrogen) atoms. The summed E-state index contributed by atoms with van der Waals surface area (Å²) in [6.45, 7) is 0. The van der Waals surface area contributed by atoms with Crippen molar-refractivity contribution in [2.75, 3.05) is 11.1 Å². The van der Waals surface area contributed by atoms with Gasteiger partial charge in [-0.2, -0.15) is 0 Å². The van der Waals surface area contributed by atoms with E-state index in [1.54, 1.807) is 24.3 Å². The third-order valence-electron chi connectivity index (χ3n) is 2.21. The van der Waals surface area contributed by atoms with Crippen LogP contribution < -0.4 is 11.1 Å². The van der Waals surface area contributed by atoms with Gasteiger partial charge in [0.15, 0.2) is 0 Å². The molecule has 0 spiro atoms. The average Bonchev–Trinajstić information content (AvgIpc) is 2.27. The van der Waals surface area contributed by atoms with Crippen LogP contribution in [0.2, 0.25) is 10.0 Å². The van der Waals surface area contributed by atoms with Crippen molar-refractivity contribution in [3.05, 3.63) is 52.3 Å². The first-order valence-corrected chi connectivity index (χ1v) is 5.59. The highest BCUT2D eigenvalue weighted by Gasteiger charge is 2.03. The first-order chi connectivity index (χ1) is 8.06. The summed E-state index contributed by atoms with van der Waals surface area (Å²) in [6.07, 6.45) is 0. The van der Waals surface area contributed by atoms with Crippen molar-refractivity contribution in [2.24, 2.45) is 0 Å². The third-order valence-corrected chi connectivity index (χ3v) is 2.75. The van der Waals surface area contributed by atoms with E-state index in [4.69, 9.17) is 28.9 Å². The van der Waals surface area contributed by atoms with Crippen LogP contribution in [0, 0.1) is 5.82 Å². The quantitative estimate of drug-likeness (QED) is 0.791. The minimum Gasteiger partial charge on any atom is -0.397 e. The smallest absolute Gasteiger partial charge is 0.143 e. The molecule has 0 unspecified atom stereocenters. The SMILES string of the molecule is Nc1cc(Cl)ccc1Nc1ccc(Cl)c(F)c1. The van der Waals surface area contributed by atoms with Gasteiger partial charge >= 0.3 is 0 Å². The zero-order valence-electron chi connectivity index (χ0n) is 8.68. The molecule has 88 valence electrons. The molecule has 0 bridgehead atoms. The summed E-state index contributed by atoms with van der Waals surface area (Å²) >= 11 is 11.4. The Morgan fingerprint density at radius 3 is 2.47 bits per heavy atom. The molecule has 0 fully saturated rings. The number of rotatable bonds is 2. The minimum atomic E-state index is -0.482. The fourth-order valence-corrected chi connectivity index (χ4v) is 1.67. The molecule has 0 radical (unpaired) electrons. The van der Waals surface area contributed by atoms with Crippen LogP contribution in [0.5, 0.6) is 0 Å². The molecular weight excluding hydrogens is 262 g/mol. The molecule has 3 N–H and O–H groups in total. The van der Waals surface area contributed by atoms with Crippen molar-refractivity contribution in [2.45, 2.75) is 0 Å². The van der Waals surface area contributed by atoms with E-state index in [0.29, 0.717) is 22.1 Å². The molecule has 0 atom stereocenters. The van der Waals surface area contributed by atoms with Crippen molar-refractivity contribution < 1.29 is 4.39 Å². The first-order valence-electron chi connectivity index (χ1n) is 4.83. The predicted molar refractivity (Wildman–Crippen MR) is 70.6 cm³/mol. The highest BCUT2D eigenvalue weighted by molar-refractivity contribution is 6.31. The summed E-state index contributed by atoms with van der Waals surface area (Å²) in [5.41, 5.74) is 7.50. The van der Waals surface area contributed by atoms with Gasteiger partial charge < -0.3 is 11.1 Å². The van der Waals surface area contributed by atoms with Crippen molar-refractivity contribution in [3.8, 4) is 0 Å². The zero-order valence-corrected chi connectivity index (χ0v) is 10.2. The topological polar surface area (TPSA) is 38.0 Å². The number of hydrogen-bond acceptors (Lipinski definition) is 2. The summed E-state index contributed by atoms with van der Waals surface area (Å²) < 4.78 is 13.2. The van der Waals surface area contributed by atoms with Crippen LogP contribution in [-0.2, 0) is 0 Å². The third kappa shape index (κ3) is 2.81. The van der Waals surface area contributed by atoms with Gasteiger partial charge in [-0.05, 0) is 36.4 Å². The molecule has 2 aromatic rings. The van der Waals surface area contributed by atoms with E-state index in [1.165, 1.54) is 12.1 Å². The molecule has 0 amide bonds. The van der Waals surface area contributed by atoms with Crippen molar-refractivity contribution in [3.63, 3.8) is 0 Å². The van der Waals surface area contributed by atoms with Gasteiger partial charge in [-0.3, -0.25) is 0 Å². The van der Waals surface area contributed by atoms with E-state index in [9.17, 15) is 4.39 Å². The molecule has 0 saturated carbocycles. The van der Waals surface area contributed by atoms with Crippen LogP contribution in [0.25, 0.3) is 0 Å². The number of halogens is 3. The van der Waals surface area contributed by atoms with Gasteiger partial charge in [0.2, 0.25) is 0 Å². The number of nitrogen functional groups attached to an aromatic ring is 1. The molecule has 0 aliphatic rings. The van der Waals surface area contributed by atoms with Gasteiger partial charge in [0, 0.05) is 10.7 Å². The summed E-state index contributed by atoms with van der Waals surface area (Å²) in [7, 11) is 0. The van der Waals surface area contributed by atoms with E-state index < -0.39 is 5.82 Å². The Bertz CT molecular complexity index is 558. The number of nitrogens with one attached hydrogen (secondary N) is 1. The Morgan fingerprint density at radius 2 is 1.82 bits per heavy atom. The van der Waals surface area contributed by atoms with Gasteiger partial charge in [0.25, 0.3) is 0 Å². The van der Waals surface area contributed by atoms with Gasteiger partial charge in [0.05, 0.1) is 16.4 Å². The van der Waals surface area contributed by atoms with Crippen molar-refractivity contribution >= 4 is 40.3 Å². The van der Waals surface area contributed by atoms with Crippen molar-refractivity contribution in [1.29, 1.82) is 0 Å². The highest BCUT2D eigenvalue weighted by Crippen LogP contribution is 2.27. The second-order valence-electron chi connectivity index (χ2n) is 3.49. The monoisotopic (exact) mass is 270 g/mol. The van der Waals surface area contributed by atoms with Crippen LogP contribution in [0.4, 0.5) is 21.5 Å². The van der Waals surface area contributed by atoms with Crippen LogP contribution in [0.1, 0.15) is 0 Å². The normalized spacial score (nSPS) is 10.3. The molecule has 2 rings (SSSR count). The lowest BCUT2D eigenvalue weighted by Gasteiger charge is -2.09. The number of nitrogens with two attached hydrogens (primary N) is 1. The Kier molecular flexibility index (Phi) is 3.41. The maximum absolute atomic E-state index is 13.2. The molecular formula is C12H9Cl2FN2. The standard InChI is InChI=1S/C12H9Cl2FN2/c13-7-1-4-12(11(16)5-7)17-8-2-3-9(14)10(15)6-8/h1-6,17H,16H2. The van der Waals surface area contributed by atoms with Gasteiger partial charge in [-0.1, -0.05) is 23.2 Å². The Balaban J connectivity index is 2.28. The molecule has 0 aliphatic heterocycles. The number of benzene rings is 2. The molecule has 2 nitrogen and oxygen atoms in total. The summed E-state index contributed by atoms with van der Waals surface area (Å²) in [5.74, 6) is -0.482. The minimum absolute atomic E-state index is 0.0830. The lowest BCUT2D eigenvalue weighted by atomic mass is 10.2. The summed E-state index contributed by atoms with van der Waals surface area (Å²) in [6, 6.07) is 9.49. The molecule has 0 aromatic heterocycles. The summed E-state index contributed by atoms with van der Waals surface area (Å²) in [5, 5.41) is 3.62. The van der Waals surface area contributed by atoms with E-state index in [1.807, 2.05) is 0 Å². The van der Waals surface area contributed by atoms with E-state index in [-0.39, 0.29) is 5.02 Å². The van der Waals surface area contributed by atoms with E-state index >= 15 is 0 Å². The highest BCUT2D eigenvalue weighted by atomic mass is 35.5. The number of anilines is 3. The van der Waals surface area contributed by atoms with E-state index in [2.05, 4.69) is 5.32 Å². The second kappa shape index (κ2) is 4.82. The molecule has 5 heteroatoms. The lowest BCUT2D eigenvalue weighted by Crippen LogP contribution is -1.96. The second-order valence-corrected chi connectivity index (χ2v) is 4.33. The Hall–Kier alpha value is -1.45. The van der Waals surface area contributed by atoms with Gasteiger partial charge in [-0.15, -0.1) is 0 Å². The van der Waals surface area contributed by atoms with Crippen molar-refractivity contribution in [1.82, 2.24) is 0 Å². The Morgan fingerprint density at radius 1 is 1.06 bits per heavy atom. The molecule has 0 heterocycles. The molecule has 0 aliphatic carbocycles. The van der Waals surface area contributed by atoms with Crippen LogP contribution in [0.3, 0.4) is 0 Å². The summed E-state index contributed by atoms with van der Waals surface area (Å²) in [4.78, 5) is 0. The maximum Gasteiger partial charge on any atom is 0.143 e. The Labute approximate surface area is 108 Å². The maximum atomic E-state index is 13.2. The predicted octanol–water partition coefficient (Wildman–Crippen LogP) is 4.46. The van der Waals surface area contributed by atoms with Crippen LogP contribution in [0.15, 0.2) is 36.4 Å². The molecule has 2 aromatic carbocycles. The largest absolute Gasteiger partial charge is 0.397 e. The first kappa shape index (κ1) is 12.0. The molecule has 0 saturated heterocycles.